The molecule has 3 aromatic rings. The number of sulfonamides is 1. The lowest BCUT2D eigenvalue weighted by atomic mass is 10.0. The van der Waals surface area contributed by atoms with Crippen molar-refractivity contribution in [2.75, 3.05) is 13.2 Å². The molecular weight excluding hydrogens is 456 g/mol. The number of hydrogen-bond donors (Lipinski definition) is 2. The van der Waals surface area contributed by atoms with E-state index < -0.39 is 10.0 Å². The Hall–Kier alpha value is -2.00. The molecule has 0 aliphatic carbocycles. The van der Waals surface area contributed by atoms with E-state index in [9.17, 15) is 18.3 Å². The van der Waals surface area contributed by atoms with E-state index in [1.54, 1.807) is 18.2 Å². The summed E-state index contributed by atoms with van der Waals surface area (Å²) in [5, 5.41) is 10.1. The lowest BCUT2D eigenvalue weighted by molar-refractivity contribution is 0.267. The lowest BCUT2D eigenvalue weighted by Gasteiger charge is -2.22. The quantitative estimate of drug-likeness (QED) is 0.543. The number of H-pyrrole nitrogens is 1. The average molecular weight is 479 g/mol. The molecule has 0 aliphatic rings. The van der Waals surface area contributed by atoms with Crippen LogP contribution in [-0.2, 0) is 16.6 Å². The fourth-order valence-corrected chi connectivity index (χ4v) is 5.03. The van der Waals surface area contributed by atoms with Crippen LogP contribution in [0, 0.1) is 13.8 Å². The Morgan fingerprint density at radius 1 is 1.10 bits per heavy atom. The second-order valence-electron chi connectivity index (χ2n) is 7.04. The topological polar surface area (TPSA) is 90.5 Å². The van der Waals surface area contributed by atoms with Crippen molar-refractivity contribution in [1.82, 2.24) is 9.29 Å². The zero-order valence-electron chi connectivity index (χ0n) is 16.3. The molecule has 1 heterocycles. The predicted octanol–water partition coefficient (Wildman–Crippen LogP) is 3.48. The van der Waals surface area contributed by atoms with E-state index in [1.165, 1.54) is 16.4 Å². The minimum Gasteiger partial charge on any atom is -0.396 e. The van der Waals surface area contributed by atoms with Crippen LogP contribution in [0.25, 0.3) is 10.9 Å². The molecule has 29 heavy (non-hydrogen) atoms. The van der Waals surface area contributed by atoms with Crippen LogP contribution in [-0.4, -0.2) is 36.0 Å². The van der Waals surface area contributed by atoms with Crippen molar-refractivity contribution in [3.63, 3.8) is 0 Å². The van der Waals surface area contributed by atoms with Gasteiger partial charge in [0.1, 0.15) is 0 Å². The summed E-state index contributed by atoms with van der Waals surface area (Å²) in [6.45, 7) is 3.81. The number of benzene rings is 2. The fraction of sp³-hybridized carbons (Fsp3) is 0.286. The number of aliphatic hydroxyl groups excluding tert-OH is 1. The van der Waals surface area contributed by atoms with Crippen LogP contribution in [0.5, 0.6) is 0 Å². The SMILES string of the molecule is Cc1cc(C)c2cc(CN(CCCO)S(=O)(=O)c3ccc(Br)cc3)c(=O)[nH]c2c1. The van der Waals surface area contributed by atoms with E-state index in [-0.39, 0.29) is 36.6 Å². The summed E-state index contributed by atoms with van der Waals surface area (Å²) >= 11 is 3.30. The maximum atomic E-state index is 13.2. The van der Waals surface area contributed by atoms with Gasteiger partial charge in [-0.15, -0.1) is 0 Å². The maximum Gasteiger partial charge on any atom is 0.252 e. The summed E-state index contributed by atoms with van der Waals surface area (Å²) < 4.78 is 28.3. The minimum atomic E-state index is -3.83. The number of nitrogens with one attached hydrogen (secondary N) is 1. The number of fused-ring (bicyclic) bond motifs is 1. The molecule has 0 saturated carbocycles. The highest BCUT2D eigenvalue weighted by Gasteiger charge is 2.25. The molecule has 2 N–H and O–H groups in total. The molecule has 0 unspecified atom stereocenters. The number of aliphatic hydroxyl groups is 1. The third-order valence-electron chi connectivity index (χ3n) is 4.75. The summed E-state index contributed by atoms with van der Waals surface area (Å²) in [6.07, 6.45) is 0.277. The molecule has 6 nitrogen and oxygen atoms in total. The maximum absolute atomic E-state index is 13.2. The molecule has 2 aromatic carbocycles. The van der Waals surface area contributed by atoms with Gasteiger partial charge in [-0.2, -0.15) is 4.31 Å². The van der Waals surface area contributed by atoms with Crippen LogP contribution in [0.1, 0.15) is 23.1 Å². The second kappa shape index (κ2) is 8.79. The number of pyridine rings is 1. The van der Waals surface area contributed by atoms with E-state index in [1.807, 2.05) is 26.0 Å². The zero-order chi connectivity index (χ0) is 21.2. The summed E-state index contributed by atoms with van der Waals surface area (Å²) in [6, 6.07) is 12.0. The molecule has 0 radical (unpaired) electrons. The highest BCUT2D eigenvalue weighted by molar-refractivity contribution is 9.10. The first-order chi connectivity index (χ1) is 13.7. The number of aromatic amines is 1. The second-order valence-corrected chi connectivity index (χ2v) is 9.89. The number of nitrogens with zero attached hydrogens (tertiary/aromatic N) is 1. The standard InChI is InChI=1S/C21H23BrN2O4S/c1-14-10-15(2)19-12-16(21(26)23-20(19)11-14)13-24(8-3-9-25)29(27,28)18-6-4-17(22)5-7-18/h4-7,10-12,25H,3,8-9,13H2,1-2H3,(H,23,26). The number of rotatable bonds is 7. The van der Waals surface area contributed by atoms with Crippen LogP contribution in [0.4, 0.5) is 0 Å². The molecule has 0 saturated heterocycles. The van der Waals surface area contributed by atoms with Crippen molar-refractivity contribution in [3.05, 3.63) is 74.0 Å². The van der Waals surface area contributed by atoms with Gasteiger partial charge in [0, 0.05) is 40.6 Å². The average Bonchev–Trinajstić information content (AvgIpc) is 2.65. The van der Waals surface area contributed by atoms with Gasteiger partial charge >= 0.3 is 0 Å². The summed E-state index contributed by atoms with van der Waals surface area (Å²) in [5.74, 6) is 0. The van der Waals surface area contributed by atoms with Gasteiger partial charge in [0.2, 0.25) is 10.0 Å². The monoisotopic (exact) mass is 478 g/mol. The number of aryl methyl sites for hydroxylation is 2. The van der Waals surface area contributed by atoms with Crippen molar-refractivity contribution in [3.8, 4) is 0 Å². The molecule has 8 heteroatoms. The van der Waals surface area contributed by atoms with Crippen molar-refractivity contribution in [1.29, 1.82) is 0 Å². The molecule has 0 amide bonds. The minimum absolute atomic E-state index is 0.0724. The summed E-state index contributed by atoms with van der Waals surface area (Å²) in [5.41, 5.74) is 2.83. The summed E-state index contributed by atoms with van der Waals surface area (Å²) in [7, 11) is -3.83. The molecule has 0 bridgehead atoms. The molecule has 154 valence electrons. The molecule has 0 fully saturated rings. The lowest BCUT2D eigenvalue weighted by Crippen LogP contribution is -2.34. The van der Waals surface area contributed by atoms with Gasteiger partial charge in [0.25, 0.3) is 5.56 Å². The third kappa shape index (κ3) is 4.78. The summed E-state index contributed by atoms with van der Waals surface area (Å²) in [4.78, 5) is 15.6. The highest BCUT2D eigenvalue weighted by Crippen LogP contribution is 2.23. The Balaban J connectivity index is 2.04. The first kappa shape index (κ1) is 21.7. The van der Waals surface area contributed by atoms with E-state index in [2.05, 4.69) is 20.9 Å². The van der Waals surface area contributed by atoms with Crippen molar-refractivity contribution >= 4 is 36.9 Å². The largest absolute Gasteiger partial charge is 0.396 e. The van der Waals surface area contributed by atoms with Crippen LogP contribution in [0.2, 0.25) is 0 Å². The molecule has 3 rings (SSSR count). The number of aromatic nitrogens is 1. The Bertz CT molecular complexity index is 1190. The highest BCUT2D eigenvalue weighted by atomic mass is 79.9. The van der Waals surface area contributed by atoms with Crippen molar-refractivity contribution in [2.45, 2.75) is 31.7 Å². The molecule has 0 atom stereocenters. The van der Waals surface area contributed by atoms with Crippen LogP contribution in [0.15, 0.2) is 56.6 Å². The van der Waals surface area contributed by atoms with Gasteiger partial charge in [0.05, 0.1) is 4.90 Å². The Morgan fingerprint density at radius 3 is 2.45 bits per heavy atom. The predicted molar refractivity (Wildman–Crippen MR) is 117 cm³/mol. The first-order valence-electron chi connectivity index (χ1n) is 9.22. The van der Waals surface area contributed by atoms with Crippen LogP contribution in [0.3, 0.4) is 0 Å². The molecule has 0 spiro atoms. The van der Waals surface area contributed by atoms with Crippen molar-refractivity contribution < 1.29 is 13.5 Å². The van der Waals surface area contributed by atoms with Gasteiger partial charge < -0.3 is 10.1 Å². The van der Waals surface area contributed by atoms with E-state index in [0.29, 0.717) is 5.56 Å². The fourth-order valence-electron chi connectivity index (χ4n) is 3.31. The normalized spacial score (nSPS) is 12.0. The van der Waals surface area contributed by atoms with Crippen LogP contribution < -0.4 is 5.56 Å². The number of hydrogen-bond acceptors (Lipinski definition) is 4. The third-order valence-corrected chi connectivity index (χ3v) is 7.14. The van der Waals surface area contributed by atoms with Gasteiger partial charge in [-0.1, -0.05) is 22.0 Å². The van der Waals surface area contributed by atoms with E-state index in [0.717, 1.165) is 26.5 Å². The Kier molecular flexibility index (Phi) is 6.58. The van der Waals surface area contributed by atoms with Crippen LogP contribution >= 0.6 is 15.9 Å². The first-order valence-corrected chi connectivity index (χ1v) is 11.5. The van der Waals surface area contributed by atoms with Gasteiger partial charge in [-0.05, 0) is 67.8 Å². The van der Waals surface area contributed by atoms with Crippen molar-refractivity contribution in [2.24, 2.45) is 0 Å². The molecule has 0 aliphatic heterocycles. The Labute approximate surface area is 178 Å². The van der Waals surface area contributed by atoms with Gasteiger partial charge in [-0.25, -0.2) is 8.42 Å². The zero-order valence-corrected chi connectivity index (χ0v) is 18.7. The molecular formula is C21H23BrN2O4S. The Morgan fingerprint density at radius 2 is 1.79 bits per heavy atom. The van der Waals surface area contributed by atoms with Gasteiger partial charge in [-0.3, -0.25) is 4.79 Å². The van der Waals surface area contributed by atoms with E-state index in [4.69, 9.17) is 0 Å². The van der Waals surface area contributed by atoms with E-state index >= 15 is 0 Å². The number of halogens is 1. The molecule has 1 aromatic heterocycles. The smallest absolute Gasteiger partial charge is 0.252 e. The van der Waals surface area contributed by atoms with Gasteiger partial charge in [0.15, 0.2) is 0 Å².